The number of carbonyl (C=O) groups is 2. The highest BCUT2D eigenvalue weighted by Gasteiger charge is 2.55. The molecule has 4 nitrogen and oxygen atoms in total. The number of benzene rings is 2. The fourth-order valence-electron chi connectivity index (χ4n) is 4.97. The summed E-state index contributed by atoms with van der Waals surface area (Å²) in [6, 6.07) is 14.9. The zero-order valence-electron chi connectivity index (χ0n) is 17.8. The van der Waals surface area contributed by atoms with Gasteiger partial charge in [-0.2, -0.15) is 0 Å². The normalized spacial score (nSPS) is 25.4. The average Bonchev–Trinajstić information content (AvgIpc) is 2.77. The second-order valence-electron chi connectivity index (χ2n) is 8.47. The van der Waals surface area contributed by atoms with Crippen molar-refractivity contribution >= 4 is 11.6 Å². The number of phenolic OH excluding ortho intramolecular Hbond substituents is 1. The summed E-state index contributed by atoms with van der Waals surface area (Å²) in [5.41, 5.74) is 1.96. The van der Waals surface area contributed by atoms with Crippen molar-refractivity contribution in [3.63, 3.8) is 0 Å². The number of ether oxygens (including phenoxy) is 1. The summed E-state index contributed by atoms with van der Waals surface area (Å²) in [6.07, 6.45) is 5.63. The van der Waals surface area contributed by atoms with E-state index in [0.29, 0.717) is 29.9 Å². The van der Waals surface area contributed by atoms with E-state index in [0.717, 1.165) is 11.1 Å². The largest absolute Gasteiger partial charge is 0.508 e. The van der Waals surface area contributed by atoms with Crippen molar-refractivity contribution in [2.75, 3.05) is 0 Å². The van der Waals surface area contributed by atoms with Gasteiger partial charge >= 0.3 is 0 Å². The number of rotatable bonds is 5. The highest BCUT2D eigenvalue weighted by Crippen LogP contribution is 2.56. The first-order valence-corrected chi connectivity index (χ1v) is 10.4. The van der Waals surface area contributed by atoms with Crippen LogP contribution < -0.4 is 4.74 Å². The first-order valence-electron chi connectivity index (χ1n) is 10.4. The van der Waals surface area contributed by atoms with E-state index in [9.17, 15) is 14.7 Å². The minimum Gasteiger partial charge on any atom is -0.508 e. The van der Waals surface area contributed by atoms with Gasteiger partial charge in [-0.25, -0.2) is 0 Å². The monoisotopic (exact) mass is 414 g/mol. The van der Waals surface area contributed by atoms with Crippen LogP contribution in [0.2, 0.25) is 0 Å². The van der Waals surface area contributed by atoms with Gasteiger partial charge in [-0.15, -0.1) is 0 Å². The molecule has 2 aliphatic rings. The average molecular weight is 415 g/mol. The molecule has 0 bridgehead atoms. The van der Waals surface area contributed by atoms with Crippen molar-refractivity contribution in [1.82, 2.24) is 0 Å². The van der Waals surface area contributed by atoms with Crippen molar-refractivity contribution in [3.8, 4) is 11.5 Å². The summed E-state index contributed by atoms with van der Waals surface area (Å²) in [5, 5.41) is 10.9. The van der Waals surface area contributed by atoms with E-state index in [2.05, 4.69) is 6.58 Å². The van der Waals surface area contributed by atoms with Crippen LogP contribution in [-0.2, 0) is 16.2 Å². The highest BCUT2D eigenvalue weighted by molar-refractivity contribution is 6.13. The lowest BCUT2D eigenvalue weighted by Crippen LogP contribution is -2.49. The molecule has 1 N–H and O–H groups in total. The van der Waals surface area contributed by atoms with Gasteiger partial charge < -0.3 is 9.84 Å². The zero-order valence-corrected chi connectivity index (χ0v) is 17.8. The second kappa shape index (κ2) is 8.03. The third-order valence-corrected chi connectivity index (χ3v) is 6.59. The molecule has 0 aromatic heterocycles. The molecule has 4 rings (SSSR count). The predicted octanol–water partition coefficient (Wildman–Crippen LogP) is 5.29. The van der Waals surface area contributed by atoms with Crippen LogP contribution in [0.15, 0.2) is 84.5 Å². The van der Waals surface area contributed by atoms with Gasteiger partial charge in [-0.3, -0.25) is 9.59 Å². The summed E-state index contributed by atoms with van der Waals surface area (Å²) < 4.78 is 5.83. The van der Waals surface area contributed by atoms with Crippen LogP contribution in [0, 0.1) is 11.3 Å². The van der Waals surface area contributed by atoms with E-state index >= 15 is 0 Å². The Morgan fingerprint density at radius 1 is 1.19 bits per heavy atom. The van der Waals surface area contributed by atoms with Gasteiger partial charge in [-0.05, 0) is 42.2 Å². The Hall–Kier alpha value is -3.40. The first-order chi connectivity index (χ1) is 14.9. The van der Waals surface area contributed by atoms with Gasteiger partial charge in [0.1, 0.15) is 18.1 Å². The van der Waals surface area contributed by atoms with Crippen LogP contribution >= 0.6 is 0 Å². The highest BCUT2D eigenvalue weighted by atomic mass is 16.5. The number of ketones is 2. The summed E-state index contributed by atoms with van der Waals surface area (Å²) in [4.78, 5) is 26.1. The molecule has 0 heterocycles. The van der Waals surface area contributed by atoms with Crippen molar-refractivity contribution in [2.45, 2.75) is 32.8 Å². The lowest BCUT2D eigenvalue weighted by molar-refractivity contribution is -0.137. The lowest BCUT2D eigenvalue weighted by atomic mass is 9.53. The minimum absolute atomic E-state index is 0.0359. The molecular weight excluding hydrogens is 388 g/mol. The molecule has 0 fully saturated rings. The van der Waals surface area contributed by atoms with Crippen LogP contribution in [0.5, 0.6) is 11.5 Å². The van der Waals surface area contributed by atoms with E-state index in [1.54, 1.807) is 31.2 Å². The van der Waals surface area contributed by atoms with Crippen LogP contribution in [0.25, 0.3) is 0 Å². The number of Topliss-reactive ketones (excluding diaryl/α,β-unsaturated/α-hetero) is 1. The Morgan fingerprint density at radius 2 is 1.94 bits per heavy atom. The van der Waals surface area contributed by atoms with E-state index < -0.39 is 17.3 Å². The number of fused-ring (bicyclic) bond motifs is 1. The fourth-order valence-corrected chi connectivity index (χ4v) is 4.97. The quantitative estimate of drug-likeness (QED) is 0.722. The zero-order chi connectivity index (χ0) is 22.2. The van der Waals surface area contributed by atoms with E-state index in [4.69, 9.17) is 4.74 Å². The molecule has 4 heteroatoms. The number of hydrogen-bond donors (Lipinski definition) is 1. The number of hydrogen-bond acceptors (Lipinski definition) is 4. The third kappa shape index (κ3) is 3.52. The van der Waals surface area contributed by atoms with Crippen LogP contribution in [0.3, 0.4) is 0 Å². The third-order valence-electron chi connectivity index (χ3n) is 6.59. The van der Waals surface area contributed by atoms with E-state index in [1.807, 2.05) is 43.3 Å². The second-order valence-corrected chi connectivity index (χ2v) is 8.47. The maximum Gasteiger partial charge on any atom is 0.166 e. The van der Waals surface area contributed by atoms with E-state index in [-0.39, 0.29) is 17.3 Å². The van der Waals surface area contributed by atoms with Gasteiger partial charge in [0.15, 0.2) is 11.6 Å². The van der Waals surface area contributed by atoms with Crippen LogP contribution in [0.4, 0.5) is 0 Å². The molecule has 0 amide bonds. The maximum absolute atomic E-state index is 13.3. The lowest BCUT2D eigenvalue weighted by Gasteiger charge is -2.47. The Bertz CT molecular complexity index is 1110. The van der Waals surface area contributed by atoms with Crippen LogP contribution in [-0.4, -0.2) is 16.7 Å². The van der Waals surface area contributed by atoms with Gasteiger partial charge in [0.25, 0.3) is 0 Å². The SMILES string of the molecule is C=CC1=CC[C@H]2C(=O)C=C(C)C(=O)[C@@]2(C)[C@H]1c1ccc(OCc2ccccc2)cc1O. The maximum atomic E-state index is 13.3. The van der Waals surface area contributed by atoms with Crippen molar-refractivity contribution in [1.29, 1.82) is 0 Å². The molecule has 0 saturated heterocycles. The summed E-state index contributed by atoms with van der Waals surface area (Å²) in [5.74, 6) is -0.436. The molecular formula is C27H26O4. The molecule has 2 aliphatic carbocycles. The number of aromatic hydroxyl groups is 1. The molecule has 2 aromatic rings. The van der Waals surface area contributed by atoms with Crippen molar-refractivity contribution in [2.24, 2.45) is 11.3 Å². The van der Waals surface area contributed by atoms with Crippen LogP contribution in [0.1, 0.15) is 37.3 Å². The molecule has 2 aromatic carbocycles. The summed E-state index contributed by atoms with van der Waals surface area (Å²) in [6.45, 7) is 7.83. The first kappa shape index (κ1) is 20.9. The molecule has 31 heavy (non-hydrogen) atoms. The Balaban J connectivity index is 1.71. The number of carbonyl (C=O) groups excluding carboxylic acids is 2. The molecule has 0 spiro atoms. The fraction of sp³-hybridized carbons (Fsp3) is 0.259. The number of allylic oxidation sites excluding steroid dienone is 5. The van der Waals surface area contributed by atoms with Gasteiger partial charge in [0.05, 0.1) is 5.41 Å². The molecule has 0 aliphatic heterocycles. The molecule has 3 atom stereocenters. The van der Waals surface area contributed by atoms with Gasteiger partial charge in [0.2, 0.25) is 0 Å². The Morgan fingerprint density at radius 3 is 2.61 bits per heavy atom. The number of phenols is 1. The Labute approximate surface area is 182 Å². The van der Waals surface area contributed by atoms with E-state index in [1.165, 1.54) is 6.08 Å². The topological polar surface area (TPSA) is 63.6 Å². The Kier molecular flexibility index (Phi) is 5.40. The predicted molar refractivity (Wildman–Crippen MR) is 120 cm³/mol. The summed E-state index contributed by atoms with van der Waals surface area (Å²) in [7, 11) is 0. The van der Waals surface area contributed by atoms with Crippen molar-refractivity contribution < 1.29 is 19.4 Å². The van der Waals surface area contributed by atoms with Gasteiger partial charge in [-0.1, -0.05) is 62.1 Å². The standard InChI is InChI=1S/C27H26O4/c1-4-19-10-13-22-24(29)14-17(2)26(30)27(22,3)25(19)21-12-11-20(15-23(21)28)31-16-18-8-6-5-7-9-18/h4-12,14-15,22,25,28H,1,13,16H2,2-3H3/t22-,25+,27+/m0/s1. The molecule has 0 unspecified atom stereocenters. The summed E-state index contributed by atoms with van der Waals surface area (Å²) >= 11 is 0. The molecule has 0 radical (unpaired) electrons. The molecule has 158 valence electrons. The molecule has 0 saturated carbocycles. The minimum atomic E-state index is -0.974. The smallest absolute Gasteiger partial charge is 0.166 e. The van der Waals surface area contributed by atoms with Gasteiger partial charge in [0, 0.05) is 23.5 Å². The van der Waals surface area contributed by atoms with Crippen molar-refractivity contribution in [3.05, 3.63) is 95.6 Å².